The van der Waals surface area contributed by atoms with Crippen molar-refractivity contribution in [2.45, 2.75) is 0 Å². The number of anilines is 2. The van der Waals surface area contributed by atoms with Gasteiger partial charge in [-0.25, -0.2) is 9.97 Å². The molecule has 0 radical (unpaired) electrons. The van der Waals surface area contributed by atoms with E-state index < -0.39 is 0 Å². The average molecular weight is 415 g/mol. The van der Waals surface area contributed by atoms with Crippen LogP contribution in [0.3, 0.4) is 0 Å². The summed E-state index contributed by atoms with van der Waals surface area (Å²) in [7, 11) is 3.41. The highest BCUT2D eigenvalue weighted by Crippen LogP contribution is 2.31. The summed E-state index contributed by atoms with van der Waals surface area (Å²) in [5.74, 6) is 1.95. The number of rotatable bonds is 4. The molecule has 0 saturated carbocycles. The van der Waals surface area contributed by atoms with Crippen molar-refractivity contribution in [3.05, 3.63) is 70.6 Å². The lowest BCUT2D eigenvalue weighted by molar-refractivity contribution is 0.415. The van der Waals surface area contributed by atoms with Gasteiger partial charge in [-0.2, -0.15) is 0 Å². The van der Waals surface area contributed by atoms with Crippen molar-refractivity contribution in [1.82, 2.24) is 19.5 Å². The number of pyridine rings is 1. The molecule has 0 unspecified atom stereocenters. The van der Waals surface area contributed by atoms with E-state index >= 15 is 0 Å². The Morgan fingerprint density at radius 1 is 1.10 bits per heavy atom. The predicted octanol–water partition coefficient (Wildman–Crippen LogP) is 4.36. The highest BCUT2D eigenvalue weighted by atomic mass is 32.1. The molecule has 0 aliphatic carbocycles. The summed E-state index contributed by atoms with van der Waals surface area (Å²) in [5.41, 5.74) is 3.36. The van der Waals surface area contributed by atoms with Crippen LogP contribution >= 0.6 is 11.3 Å². The highest BCUT2D eigenvalue weighted by Gasteiger charge is 2.12. The number of benzene rings is 2. The van der Waals surface area contributed by atoms with Gasteiger partial charge in [0.15, 0.2) is 5.82 Å². The second-order valence-corrected chi connectivity index (χ2v) is 7.75. The van der Waals surface area contributed by atoms with Gasteiger partial charge in [0.2, 0.25) is 0 Å². The number of methoxy groups -OCH3 is 1. The van der Waals surface area contributed by atoms with Gasteiger partial charge >= 0.3 is 4.87 Å². The molecule has 3 heterocycles. The van der Waals surface area contributed by atoms with Crippen LogP contribution in [0.15, 0.2) is 65.7 Å². The first-order chi connectivity index (χ1) is 14.6. The Bertz CT molecular complexity index is 1440. The second kappa shape index (κ2) is 7.23. The monoisotopic (exact) mass is 415 g/mol. The number of hydrogen-bond donors (Lipinski definition) is 1. The maximum Gasteiger partial charge on any atom is 0.307 e. The van der Waals surface area contributed by atoms with Gasteiger partial charge in [0.25, 0.3) is 0 Å². The first kappa shape index (κ1) is 18.3. The normalized spacial score (nSPS) is 11.1. The Kier molecular flexibility index (Phi) is 4.40. The van der Waals surface area contributed by atoms with Crippen LogP contribution in [0.1, 0.15) is 0 Å². The molecule has 5 rings (SSSR count). The van der Waals surface area contributed by atoms with Gasteiger partial charge in [-0.15, -0.1) is 0 Å². The molecule has 148 valence electrons. The third-order valence-electron chi connectivity index (χ3n) is 4.88. The SMILES string of the molecule is COc1ccc2nc(-c3cccnc3)nc(Nc3ccc4c(c3)sc(=O)n4C)c2c1. The smallest absolute Gasteiger partial charge is 0.307 e. The molecule has 0 atom stereocenters. The molecule has 2 aromatic carbocycles. The van der Waals surface area contributed by atoms with Gasteiger partial charge < -0.3 is 14.6 Å². The summed E-state index contributed by atoms with van der Waals surface area (Å²) >= 11 is 1.22. The summed E-state index contributed by atoms with van der Waals surface area (Å²) in [6, 6.07) is 15.3. The van der Waals surface area contributed by atoms with Gasteiger partial charge in [0.05, 0.1) is 22.8 Å². The molecule has 7 nitrogen and oxygen atoms in total. The number of nitrogens with one attached hydrogen (secondary N) is 1. The Hall–Kier alpha value is -3.78. The van der Waals surface area contributed by atoms with Crippen molar-refractivity contribution < 1.29 is 4.74 Å². The molecule has 0 fully saturated rings. The minimum atomic E-state index is 0.0123. The van der Waals surface area contributed by atoms with Gasteiger partial charge in [-0.05, 0) is 48.5 Å². The lowest BCUT2D eigenvalue weighted by atomic mass is 10.2. The number of aryl methyl sites for hydroxylation is 1. The zero-order valence-electron chi connectivity index (χ0n) is 16.3. The van der Waals surface area contributed by atoms with E-state index in [1.807, 2.05) is 48.5 Å². The van der Waals surface area contributed by atoms with E-state index in [0.29, 0.717) is 11.6 Å². The molecule has 0 amide bonds. The maximum atomic E-state index is 12.0. The molecule has 3 aromatic heterocycles. The van der Waals surface area contributed by atoms with Crippen LogP contribution in [0.5, 0.6) is 5.75 Å². The van der Waals surface area contributed by atoms with Crippen LogP contribution in [-0.4, -0.2) is 26.6 Å². The van der Waals surface area contributed by atoms with Gasteiger partial charge in [0, 0.05) is 36.1 Å². The molecule has 0 aliphatic rings. The van der Waals surface area contributed by atoms with Crippen LogP contribution in [0.4, 0.5) is 11.5 Å². The lowest BCUT2D eigenvalue weighted by Crippen LogP contribution is -2.06. The number of aromatic nitrogens is 4. The van der Waals surface area contributed by atoms with Crippen molar-refractivity contribution in [3.63, 3.8) is 0 Å². The average Bonchev–Trinajstić information content (AvgIpc) is 3.07. The highest BCUT2D eigenvalue weighted by molar-refractivity contribution is 7.16. The Morgan fingerprint density at radius 3 is 2.80 bits per heavy atom. The van der Waals surface area contributed by atoms with E-state index in [1.165, 1.54) is 11.3 Å². The van der Waals surface area contributed by atoms with E-state index in [-0.39, 0.29) is 4.87 Å². The summed E-state index contributed by atoms with van der Waals surface area (Å²) in [6.45, 7) is 0. The quantitative estimate of drug-likeness (QED) is 0.470. The van der Waals surface area contributed by atoms with Crippen molar-refractivity contribution >= 4 is 44.0 Å². The van der Waals surface area contributed by atoms with Gasteiger partial charge in [-0.1, -0.05) is 11.3 Å². The molecule has 0 bridgehead atoms. The fourth-order valence-electron chi connectivity index (χ4n) is 3.30. The number of thiazole rings is 1. The first-order valence-electron chi connectivity index (χ1n) is 9.25. The Labute approximate surface area is 175 Å². The Balaban J connectivity index is 1.66. The zero-order valence-corrected chi connectivity index (χ0v) is 17.1. The molecule has 5 aromatic rings. The maximum absolute atomic E-state index is 12.0. The number of nitrogens with zero attached hydrogens (tertiary/aromatic N) is 4. The van der Waals surface area contributed by atoms with Crippen molar-refractivity contribution in [2.75, 3.05) is 12.4 Å². The first-order valence-corrected chi connectivity index (χ1v) is 10.1. The third kappa shape index (κ3) is 3.17. The largest absolute Gasteiger partial charge is 0.497 e. The van der Waals surface area contributed by atoms with E-state index in [4.69, 9.17) is 14.7 Å². The van der Waals surface area contributed by atoms with Crippen LogP contribution in [0, 0.1) is 0 Å². The van der Waals surface area contributed by atoms with Gasteiger partial charge in [-0.3, -0.25) is 9.78 Å². The predicted molar refractivity (Wildman–Crippen MR) is 120 cm³/mol. The summed E-state index contributed by atoms with van der Waals surface area (Å²) in [5, 5.41) is 4.23. The van der Waals surface area contributed by atoms with Crippen molar-refractivity contribution in [3.8, 4) is 17.1 Å². The van der Waals surface area contributed by atoms with Crippen LogP contribution in [0.2, 0.25) is 0 Å². The van der Waals surface area contributed by atoms with E-state index in [9.17, 15) is 4.79 Å². The van der Waals surface area contributed by atoms with Crippen LogP contribution in [-0.2, 0) is 7.05 Å². The number of fused-ring (bicyclic) bond motifs is 2. The Morgan fingerprint density at radius 2 is 2.00 bits per heavy atom. The fourth-order valence-corrected chi connectivity index (χ4v) is 4.22. The molecule has 8 heteroatoms. The van der Waals surface area contributed by atoms with Crippen LogP contribution in [0.25, 0.3) is 32.5 Å². The summed E-state index contributed by atoms with van der Waals surface area (Å²) < 4.78 is 7.95. The van der Waals surface area contributed by atoms with Crippen molar-refractivity contribution in [1.29, 1.82) is 0 Å². The van der Waals surface area contributed by atoms with E-state index in [0.717, 1.165) is 38.1 Å². The molecular weight excluding hydrogens is 398 g/mol. The molecule has 30 heavy (non-hydrogen) atoms. The van der Waals surface area contributed by atoms with Gasteiger partial charge in [0.1, 0.15) is 11.6 Å². The second-order valence-electron chi connectivity index (χ2n) is 6.76. The van der Waals surface area contributed by atoms with E-state index in [2.05, 4.69) is 10.3 Å². The summed E-state index contributed by atoms with van der Waals surface area (Å²) in [4.78, 5) is 25.6. The standard InChI is InChI=1S/C22H17N5O2S/c1-27-18-8-5-14(10-19(18)30-22(27)28)24-21-16-11-15(29-2)6-7-17(16)25-20(26-21)13-4-3-9-23-12-13/h3-12H,1-2H3,(H,24,25,26). The zero-order chi connectivity index (χ0) is 20.7. The molecule has 0 spiro atoms. The topological polar surface area (TPSA) is 81.9 Å². The fraction of sp³-hybridized carbons (Fsp3) is 0.0909. The molecule has 0 saturated heterocycles. The van der Waals surface area contributed by atoms with Crippen LogP contribution < -0.4 is 14.9 Å². The minimum absolute atomic E-state index is 0.0123. The molecule has 1 N–H and O–H groups in total. The number of ether oxygens (including phenoxy) is 1. The minimum Gasteiger partial charge on any atom is -0.497 e. The van der Waals surface area contributed by atoms with E-state index in [1.54, 1.807) is 31.1 Å². The number of hydrogen-bond acceptors (Lipinski definition) is 7. The lowest BCUT2D eigenvalue weighted by Gasteiger charge is -2.12. The molecular formula is C22H17N5O2S. The molecule has 0 aliphatic heterocycles. The van der Waals surface area contributed by atoms with Crippen molar-refractivity contribution in [2.24, 2.45) is 7.05 Å². The third-order valence-corrected chi connectivity index (χ3v) is 5.87. The summed E-state index contributed by atoms with van der Waals surface area (Å²) in [6.07, 6.45) is 3.46.